The fraction of sp³-hybridized carbons (Fsp3) is 0.571. The smallest absolute Gasteiger partial charge is 0.272 e. The Balaban J connectivity index is 0.00000200. The van der Waals surface area contributed by atoms with Crippen molar-refractivity contribution in [3.63, 3.8) is 0 Å². The van der Waals surface area contributed by atoms with Crippen LogP contribution in [0.1, 0.15) is 29.8 Å². The van der Waals surface area contributed by atoms with Gasteiger partial charge in [0.05, 0.1) is 0 Å². The lowest BCUT2D eigenvalue weighted by Gasteiger charge is -2.31. The summed E-state index contributed by atoms with van der Waals surface area (Å²) in [7, 11) is 1.98. The Bertz CT molecular complexity index is 423. The van der Waals surface area contributed by atoms with Crippen LogP contribution in [0, 0.1) is 5.92 Å². The molecule has 120 valence electrons. The minimum Gasteiger partial charge on any atom is -0.337 e. The van der Waals surface area contributed by atoms with Gasteiger partial charge in [-0.1, -0.05) is 0 Å². The molecule has 1 aliphatic heterocycles. The molecule has 21 heavy (non-hydrogen) atoms. The number of nitrogens with one attached hydrogen (secondary N) is 1. The topological polar surface area (TPSA) is 45.2 Å². The van der Waals surface area contributed by atoms with Gasteiger partial charge in [0, 0.05) is 23.8 Å². The molecule has 0 aliphatic carbocycles. The Morgan fingerprint density at radius 1 is 1.38 bits per heavy atom. The molecule has 0 spiro atoms. The Kier molecular flexibility index (Phi) is 10.2. The van der Waals surface area contributed by atoms with Gasteiger partial charge in [0.2, 0.25) is 0 Å². The van der Waals surface area contributed by atoms with Crippen molar-refractivity contribution in [3.05, 3.63) is 28.5 Å². The molecule has 2 rings (SSSR count). The molecule has 7 heteroatoms. The number of likely N-dealkylation sites (tertiary alicyclic amines) is 1. The second-order valence-corrected chi connectivity index (χ2v) is 5.91. The van der Waals surface area contributed by atoms with Gasteiger partial charge in [-0.25, -0.2) is 4.98 Å². The van der Waals surface area contributed by atoms with E-state index in [2.05, 4.69) is 26.2 Å². The van der Waals surface area contributed by atoms with E-state index in [9.17, 15) is 4.79 Å². The SMILES string of the molecule is CNCCC1CCN(C(=O)c2ccc(Br)cn2)CC1.Cl.Cl. The number of pyridine rings is 1. The third-order valence-electron chi connectivity index (χ3n) is 3.65. The van der Waals surface area contributed by atoms with E-state index in [0.717, 1.165) is 42.9 Å². The second-order valence-electron chi connectivity index (χ2n) is 4.99. The number of hydrogen-bond donors (Lipinski definition) is 1. The molecule has 1 aromatic heterocycles. The zero-order chi connectivity index (χ0) is 13.7. The van der Waals surface area contributed by atoms with Gasteiger partial charge in [0.15, 0.2) is 0 Å². The van der Waals surface area contributed by atoms with Crippen molar-refractivity contribution >= 4 is 46.7 Å². The first-order valence-corrected chi connectivity index (χ1v) is 7.55. The fourth-order valence-electron chi connectivity index (χ4n) is 2.44. The van der Waals surface area contributed by atoms with Crippen molar-refractivity contribution in [3.8, 4) is 0 Å². The van der Waals surface area contributed by atoms with E-state index in [1.165, 1.54) is 6.42 Å². The van der Waals surface area contributed by atoms with Crippen molar-refractivity contribution < 1.29 is 4.79 Å². The maximum atomic E-state index is 12.3. The quantitative estimate of drug-likeness (QED) is 0.847. The summed E-state index contributed by atoms with van der Waals surface area (Å²) in [4.78, 5) is 18.4. The molecular weight excluding hydrogens is 377 g/mol. The fourth-order valence-corrected chi connectivity index (χ4v) is 2.67. The lowest BCUT2D eigenvalue weighted by Crippen LogP contribution is -2.39. The molecule has 1 amide bonds. The second kappa shape index (κ2) is 10.4. The van der Waals surface area contributed by atoms with Gasteiger partial charge in [-0.3, -0.25) is 4.79 Å². The van der Waals surface area contributed by atoms with E-state index in [0.29, 0.717) is 5.69 Å². The van der Waals surface area contributed by atoms with Crippen molar-refractivity contribution in [2.75, 3.05) is 26.7 Å². The first-order chi connectivity index (χ1) is 9.20. The predicted molar refractivity (Wildman–Crippen MR) is 93.6 cm³/mol. The first-order valence-electron chi connectivity index (χ1n) is 6.76. The number of halogens is 3. The lowest BCUT2D eigenvalue weighted by atomic mass is 9.93. The molecule has 0 bridgehead atoms. The van der Waals surface area contributed by atoms with Crippen LogP contribution in [0.25, 0.3) is 0 Å². The Morgan fingerprint density at radius 3 is 2.57 bits per heavy atom. The minimum atomic E-state index is 0. The maximum Gasteiger partial charge on any atom is 0.272 e. The maximum absolute atomic E-state index is 12.3. The molecule has 0 radical (unpaired) electrons. The van der Waals surface area contributed by atoms with Gasteiger partial charge in [-0.15, -0.1) is 24.8 Å². The van der Waals surface area contributed by atoms with Crippen LogP contribution in [-0.4, -0.2) is 42.5 Å². The molecule has 0 saturated carbocycles. The van der Waals surface area contributed by atoms with Crippen LogP contribution < -0.4 is 5.32 Å². The summed E-state index contributed by atoms with van der Waals surface area (Å²) in [5.41, 5.74) is 0.539. The van der Waals surface area contributed by atoms with Gasteiger partial charge in [-0.05, 0) is 66.8 Å². The average molecular weight is 399 g/mol. The normalized spacial score (nSPS) is 15.0. The molecule has 1 N–H and O–H groups in total. The lowest BCUT2D eigenvalue weighted by molar-refractivity contribution is 0.0681. The number of amides is 1. The van der Waals surface area contributed by atoms with Gasteiger partial charge >= 0.3 is 0 Å². The third-order valence-corrected chi connectivity index (χ3v) is 4.12. The van der Waals surface area contributed by atoms with Crippen LogP contribution in [0.2, 0.25) is 0 Å². The summed E-state index contributed by atoms with van der Waals surface area (Å²) in [5, 5.41) is 3.19. The first kappa shape index (κ1) is 20.6. The zero-order valence-electron chi connectivity index (χ0n) is 12.0. The summed E-state index contributed by atoms with van der Waals surface area (Å²) in [6.07, 6.45) is 5.08. The summed E-state index contributed by atoms with van der Waals surface area (Å²) < 4.78 is 0.898. The van der Waals surface area contributed by atoms with Gasteiger partial charge in [0.25, 0.3) is 5.91 Å². The monoisotopic (exact) mass is 397 g/mol. The van der Waals surface area contributed by atoms with Crippen LogP contribution in [-0.2, 0) is 0 Å². The van der Waals surface area contributed by atoms with Crippen molar-refractivity contribution in [2.24, 2.45) is 5.92 Å². The van der Waals surface area contributed by atoms with E-state index in [1.54, 1.807) is 12.3 Å². The average Bonchev–Trinajstić information content (AvgIpc) is 2.46. The van der Waals surface area contributed by atoms with Crippen LogP contribution in [0.3, 0.4) is 0 Å². The molecule has 2 heterocycles. The predicted octanol–water partition coefficient (Wildman–Crippen LogP) is 3.15. The van der Waals surface area contributed by atoms with Crippen molar-refractivity contribution in [2.45, 2.75) is 19.3 Å². The molecule has 0 unspecified atom stereocenters. The van der Waals surface area contributed by atoms with Gasteiger partial charge in [-0.2, -0.15) is 0 Å². The highest BCUT2D eigenvalue weighted by atomic mass is 79.9. The molecule has 4 nitrogen and oxygen atoms in total. The molecular formula is C14H22BrCl2N3O. The van der Waals surface area contributed by atoms with Crippen LogP contribution in [0.5, 0.6) is 0 Å². The number of rotatable bonds is 4. The Hall–Kier alpha value is -0.360. The third kappa shape index (κ3) is 6.10. The Morgan fingerprint density at radius 2 is 2.05 bits per heavy atom. The molecule has 1 fully saturated rings. The summed E-state index contributed by atoms with van der Waals surface area (Å²) >= 11 is 3.33. The molecule has 1 aromatic rings. The van der Waals surface area contributed by atoms with E-state index in [1.807, 2.05) is 18.0 Å². The number of piperidine rings is 1. The summed E-state index contributed by atoms with van der Waals surface area (Å²) in [6, 6.07) is 3.64. The minimum absolute atomic E-state index is 0. The van der Waals surface area contributed by atoms with Gasteiger partial charge < -0.3 is 10.2 Å². The summed E-state index contributed by atoms with van der Waals surface area (Å²) in [5.74, 6) is 0.800. The zero-order valence-corrected chi connectivity index (χ0v) is 15.3. The molecule has 1 aliphatic rings. The number of aromatic nitrogens is 1. The number of nitrogens with zero attached hydrogens (tertiary/aromatic N) is 2. The Labute approximate surface area is 147 Å². The molecule has 0 aromatic carbocycles. The van der Waals surface area contributed by atoms with E-state index >= 15 is 0 Å². The van der Waals surface area contributed by atoms with Crippen LogP contribution >= 0.6 is 40.7 Å². The summed E-state index contributed by atoms with van der Waals surface area (Å²) in [6.45, 7) is 2.77. The molecule has 0 atom stereocenters. The van der Waals surface area contributed by atoms with Crippen molar-refractivity contribution in [1.29, 1.82) is 0 Å². The van der Waals surface area contributed by atoms with E-state index < -0.39 is 0 Å². The van der Waals surface area contributed by atoms with E-state index in [4.69, 9.17) is 0 Å². The van der Waals surface area contributed by atoms with Gasteiger partial charge in [0.1, 0.15) is 5.69 Å². The highest BCUT2D eigenvalue weighted by Gasteiger charge is 2.23. The number of hydrogen-bond acceptors (Lipinski definition) is 3. The largest absolute Gasteiger partial charge is 0.337 e. The highest BCUT2D eigenvalue weighted by Crippen LogP contribution is 2.21. The number of carbonyl (C=O) groups excluding carboxylic acids is 1. The highest BCUT2D eigenvalue weighted by molar-refractivity contribution is 9.10. The van der Waals surface area contributed by atoms with Crippen LogP contribution in [0.15, 0.2) is 22.8 Å². The van der Waals surface area contributed by atoms with Crippen molar-refractivity contribution in [1.82, 2.24) is 15.2 Å². The van der Waals surface area contributed by atoms with Crippen LogP contribution in [0.4, 0.5) is 0 Å². The molecule has 1 saturated heterocycles. The van der Waals surface area contributed by atoms with E-state index in [-0.39, 0.29) is 30.7 Å². The standard InChI is InChI=1S/C14H20BrN3O.2ClH/c1-16-7-4-11-5-8-18(9-6-11)14(19)13-3-2-12(15)10-17-13;;/h2-3,10-11,16H,4-9H2,1H3;2*1H. The number of carbonyl (C=O) groups is 1.